The number of hydrogen-bond donors (Lipinski definition) is 0. The molecule has 3 heteroatoms. The molecule has 0 radical (unpaired) electrons. The topological polar surface area (TPSA) is 34.9 Å². The van der Waals surface area contributed by atoms with E-state index in [0.29, 0.717) is 5.69 Å². The molecule has 0 spiro atoms. The molecule has 0 aliphatic rings. The standard InChI is InChI=1S/C11H18N2O/c1-7(2)10-11(14)13(8(3)4)9(5)6-12-10/h6-8H,1-5H3. The molecule has 0 fully saturated rings. The molecule has 0 saturated carbocycles. The van der Waals surface area contributed by atoms with E-state index in [0.717, 1.165) is 5.69 Å². The average Bonchev–Trinajstić information content (AvgIpc) is 2.02. The molecule has 0 atom stereocenters. The first-order chi connectivity index (χ1) is 6.45. The first kappa shape index (κ1) is 11.0. The number of rotatable bonds is 2. The Morgan fingerprint density at radius 3 is 2.29 bits per heavy atom. The van der Waals surface area contributed by atoms with E-state index in [1.807, 2.05) is 34.6 Å². The largest absolute Gasteiger partial charge is 0.307 e. The molecule has 0 bridgehead atoms. The van der Waals surface area contributed by atoms with Crippen molar-refractivity contribution in [3.8, 4) is 0 Å². The van der Waals surface area contributed by atoms with Gasteiger partial charge in [0.05, 0.1) is 0 Å². The van der Waals surface area contributed by atoms with Gasteiger partial charge in [-0.1, -0.05) is 13.8 Å². The minimum absolute atomic E-state index is 0.0509. The minimum Gasteiger partial charge on any atom is -0.307 e. The van der Waals surface area contributed by atoms with Crippen LogP contribution in [0, 0.1) is 6.92 Å². The lowest BCUT2D eigenvalue weighted by molar-refractivity contribution is 0.546. The fourth-order valence-electron chi connectivity index (χ4n) is 1.60. The molecule has 1 aromatic rings. The van der Waals surface area contributed by atoms with Gasteiger partial charge in [-0.05, 0) is 20.8 Å². The molecule has 0 N–H and O–H groups in total. The molecule has 3 nitrogen and oxygen atoms in total. The molecule has 0 unspecified atom stereocenters. The van der Waals surface area contributed by atoms with Gasteiger partial charge < -0.3 is 4.57 Å². The number of aromatic nitrogens is 2. The van der Waals surface area contributed by atoms with Crippen LogP contribution in [0.5, 0.6) is 0 Å². The zero-order valence-electron chi connectivity index (χ0n) is 9.53. The third-order valence-corrected chi connectivity index (χ3v) is 2.27. The van der Waals surface area contributed by atoms with Crippen molar-refractivity contribution in [3.05, 3.63) is 27.9 Å². The van der Waals surface area contributed by atoms with Crippen LogP contribution in [0.15, 0.2) is 11.0 Å². The smallest absolute Gasteiger partial charge is 0.272 e. The van der Waals surface area contributed by atoms with Gasteiger partial charge in [-0.2, -0.15) is 0 Å². The van der Waals surface area contributed by atoms with Crippen molar-refractivity contribution in [1.82, 2.24) is 9.55 Å². The molecule has 0 saturated heterocycles. The van der Waals surface area contributed by atoms with E-state index in [9.17, 15) is 4.79 Å². The second kappa shape index (κ2) is 3.95. The first-order valence-electron chi connectivity index (χ1n) is 5.03. The van der Waals surface area contributed by atoms with Crippen LogP contribution in [-0.4, -0.2) is 9.55 Å². The van der Waals surface area contributed by atoms with Crippen LogP contribution in [0.4, 0.5) is 0 Å². The van der Waals surface area contributed by atoms with Crippen LogP contribution >= 0.6 is 0 Å². The number of aryl methyl sites for hydroxylation is 1. The Balaban J connectivity index is 3.42. The quantitative estimate of drug-likeness (QED) is 0.723. The Labute approximate surface area is 84.8 Å². The highest BCUT2D eigenvalue weighted by molar-refractivity contribution is 5.08. The van der Waals surface area contributed by atoms with Gasteiger partial charge in [0.25, 0.3) is 5.56 Å². The van der Waals surface area contributed by atoms with Crippen LogP contribution in [0.2, 0.25) is 0 Å². The van der Waals surface area contributed by atoms with Gasteiger partial charge in [-0.25, -0.2) is 0 Å². The summed E-state index contributed by atoms with van der Waals surface area (Å²) in [6.07, 6.45) is 1.77. The lowest BCUT2D eigenvalue weighted by Crippen LogP contribution is -2.28. The van der Waals surface area contributed by atoms with Crippen LogP contribution < -0.4 is 5.56 Å². The number of nitrogens with zero attached hydrogens (tertiary/aromatic N) is 2. The summed E-state index contributed by atoms with van der Waals surface area (Å²) >= 11 is 0. The second-order valence-corrected chi connectivity index (χ2v) is 4.21. The molecular weight excluding hydrogens is 176 g/mol. The zero-order chi connectivity index (χ0) is 10.9. The highest BCUT2D eigenvalue weighted by Crippen LogP contribution is 2.09. The number of hydrogen-bond acceptors (Lipinski definition) is 2. The maximum atomic E-state index is 12.0. The summed E-state index contributed by atoms with van der Waals surface area (Å²) in [5.74, 6) is 0.188. The van der Waals surface area contributed by atoms with Crippen molar-refractivity contribution < 1.29 is 0 Å². The SMILES string of the molecule is Cc1cnc(C(C)C)c(=O)n1C(C)C. The molecule has 0 amide bonds. The monoisotopic (exact) mass is 194 g/mol. The van der Waals surface area contributed by atoms with Crippen molar-refractivity contribution in [2.45, 2.75) is 46.6 Å². The molecule has 0 aliphatic carbocycles. The first-order valence-corrected chi connectivity index (χ1v) is 5.03. The summed E-state index contributed by atoms with van der Waals surface area (Å²) in [5.41, 5.74) is 1.63. The van der Waals surface area contributed by atoms with Gasteiger partial charge in [-0.15, -0.1) is 0 Å². The van der Waals surface area contributed by atoms with Gasteiger partial charge in [0.2, 0.25) is 0 Å². The molecule has 0 aliphatic heterocycles. The van der Waals surface area contributed by atoms with Crippen molar-refractivity contribution >= 4 is 0 Å². The Morgan fingerprint density at radius 2 is 1.86 bits per heavy atom. The summed E-state index contributed by atoms with van der Waals surface area (Å²) in [6, 6.07) is 0.197. The lowest BCUT2D eigenvalue weighted by atomic mass is 10.1. The Bertz CT molecular complexity index is 377. The Morgan fingerprint density at radius 1 is 1.29 bits per heavy atom. The van der Waals surface area contributed by atoms with Gasteiger partial charge in [0, 0.05) is 23.9 Å². The summed E-state index contributed by atoms with van der Waals surface area (Å²) in [5, 5.41) is 0. The van der Waals surface area contributed by atoms with Crippen molar-refractivity contribution in [2.24, 2.45) is 0 Å². The van der Waals surface area contributed by atoms with E-state index in [-0.39, 0.29) is 17.5 Å². The van der Waals surface area contributed by atoms with E-state index >= 15 is 0 Å². The normalized spacial score (nSPS) is 11.4. The van der Waals surface area contributed by atoms with Crippen LogP contribution in [0.1, 0.15) is 51.0 Å². The van der Waals surface area contributed by atoms with Crippen molar-refractivity contribution in [3.63, 3.8) is 0 Å². The summed E-state index contributed by atoms with van der Waals surface area (Å²) in [4.78, 5) is 16.2. The molecule has 1 heterocycles. The third-order valence-electron chi connectivity index (χ3n) is 2.27. The molecular formula is C11H18N2O. The van der Waals surface area contributed by atoms with Gasteiger partial charge in [0.1, 0.15) is 5.69 Å². The fourth-order valence-corrected chi connectivity index (χ4v) is 1.60. The van der Waals surface area contributed by atoms with Gasteiger partial charge >= 0.3 is 0 Å². The van der Waals surface area contributed by atoms with Crippen molar-refractivity contribution in [2.75, 3.05) is 0 Å². The average molecular weight is 194 g/mol. The van der Waals surface area contributed by atoms with Gasteiger partial charge in [-0.3, -0.25) is 9.78 Å². The van der Waals surface area contributed by atoms with E-state index in [4.69, 9.17) is 0 Å². The highest BCUT2D eigenvalue weighted by atomic mass is 16.1. The highest BCUT2D eigenvalue weighted by Gasteiger charge is 2.12. The van der Waals surface area contributed by atoms with Gasteiger partial charge in [0.15, 0.2) is 0 Å². The zero-order valence-corrected chi connectivity index (χ0v) is 9.53. The van der Waals surface area contributed by atoms with Crippen LogP contribution in [0.25, 0.3) is 0 Å². The van der Waals surface area contributed by atoms with Crippen LogP contribution in [-0.2, 0) is 0 Å². The van der Waals surface area contributed by atoms with E-state index in [1.54, 1.807) is 10.8 Å². The molecule has 1 aromatic heterocycles. The maximum absolute atomic E-state index is 12.0. The predicted octanol–water partition coefficient (Wildman–Crippen LogP) is 2.26. The van der Waals surface area contributed by atoms with Crippen molar-refractivity contribution in [1.29, 1.82) is 0 Å². The minimum atomic E-state index is 0.0509. The summed E-state index contributed by atoms with van der Waals surface area (Å²) in [7, 11) is 0. The summed E-state index contributed by atoms with van der Waals surface area (Å²) in [6.45, 7) is 9.92. The molecule has 78 valence electrons. The van der Waals surface area contributed by atoms with E-state index < -0.39 is 0 Å². The third kappa shape index (κ3) is 1.86. The van der Waals surface area contributed by atoms with E-state index in [1.165, 1.54) is 0 Å². The second-order valence-electron chi connectivity index (χ2n) is 4.21. The maximum Gasteiger partial charge on any atom is 0.272 e. The Kier molecular flexibility index (Phi) is 3.09. The fraction of sp³-hybridized carbons (Fsp3) is 0.636. The molecule has 0 aromatic carbocycles. The summed E-state index contributed by atoms with van der Waals surface area (Å²) < 4.78 is 1.79. The lowest BCUT2D eigenvalue weighted by Gasteiger charge is -2.15. The molecule has 14 heavy (non-hydrogen) atoms. The molecule has 1 rings (SSSR count). The van der Waals surface area contributed by atoms with Crippen LogP contribution in [0.3, 0.4) is 0 Å². The predicted molar refractivity (Wildman–Crippen MR) is 57.7 cm³/mol. The Hall–Kier alpha value is -1.12. The van der Waals surface area contributed by atoms with E-state index in [2.05, 4.69) is 4.98 Å².